The topological polar surface area (TPSA) is 37.3 Å². The van der Waals surface area contributed by atoms with Crippen LogP contribution in [0.15, 0.2) is 47.6 Å². The molecule has 1 heterocycles. The number of hydrazone groups is 1. The van der Waals surface area contributed by atoms with Gasteiger partial charge in [-0.15, -0.1) is 0 Å². The minimum Gasteiger partial charge on any atom is -0.276 e. The van der Waals surface area contributed by atoms with Crippen molar-refractivity contribution in [2.75, 3.05) is 5.43 Å². The third kappa shape index (κ3) is 3.46. The molecule has 0 aliphatic rings. The van der Waals surface area contributed by atoms with Crippen molar-refractivity contribution in [2.45, 2.75) is 6.92 Å². The Morgan fingerprint density at radius 3 is 2.74 bits per heavy atom. The van der Waals surface area contributed by atoms with Crippen molar-refractivity contribution in [1.29, 1.82) is 0 Å². The van der Waals surface area contributed by atoms with E-state index in [4.69, 9.17) is 11.6 Å². The Hall–Kier alpha value is -2.53. The van der Waals surface area contributed by atoms with Crippen LogP contribution in [0, 0.1) is 18.6 Å². The Kier molecular flexibility index (Phi) is 4.21. The van der Waals surface area contributed by atoms with Gasteiger partial charge in [-0.2, -0.15) is 5.10 Å². The average Bonchev–Trinajstić information content (AvgIpc) is 2.50. The van der Waals surface area contributed by atoms with Gasteiger partial charge in [-0.05, 0) is 36.8 Å². The number of nitrogens with one attached hydrogen (secondary N) is 1. The zero-order valence-corrected chi connectivity index (χ0v) is 12.9. The van der Waals surface area contributed by atoms with Crippen molar-refractivity contribution in [3.63, 3.8) is 0 Å². The second kappa shape index (κ2) is 6.30. The normalized spacial score (nSPS) is 11.3. The summed E-state index contributed by atoms with van der Waals surface area (Å²) in [6, 6.07) is 10.9. The zero-order chi connectivity index (χ0) is 16.4. The van der Waals surface area contributed by atoms with E-state index in [1.165, 1.54) is 12.3 Å². The van der Waals surface area contributed by atoms with Crippen LogP contribution in [0.4, 0.5) is 14.5 Å². The lowest BCUT2D eigenvalue weighted by Crippen LogP contribution is -1.96. The number of aryl methyl sites for hydroxylation is 1. The number of aromatic nitrogens is 1. The van der Waals surface area contributed by atoms with Crippen LogP contribution in [-0.4, -0.2) is 11.2 Å². The van der Waals surface area contributed by atoms with Crippen molar-refractivity contribution in [3.05, 3.63) is 70.4 Å². The van der Waals surface area contributed by atoms with E-state index >= 15 is 0 Å². The minimum atomic E-state index is -0.722. The molecule has 3 rings (SSSR count). The molecule has 0 radical (unpaired) electrons. The zero-order valence-electron chi connectivity index (χ0n) is 12.1. The van der Waals surface area contributed by atoms with E-state index in [2.05, 4.69) is 15.5 Å². The molecule has 6 heteroatoms. The van der Waals surface area contributed by atoms with E-state index in [-0.39, 0.29) is 5.69 Å². The van der Waals surface area contributed by atoms with Gasteiger partial charge in [-0.3, -0.25) is 5.43 Å². The molecule has 23 heavy (non-hydrogen) atoms. The fourth-order valence-corrected chi connectivity index (χ4v) is 2.31. The Labute approximate surface area is 136 Å². The quantitative estimate of drug-likeness (QED) is 0.420. The maximum atomic E-state index is 13.5. The highest BCUT2D eigenvalue weighted by atomic mass is 35.5. The minimum absolute atomic E-state index is 0.0724. The second-order valence-corrected chi connectivity index (χ2v) is 5.42. The first-order valence-corrected chi connectivity index (χ1v) is 7.22. The molecule has 3 aromatic rings. The van der Waals surface area contributed by atoms with E-state index < -0.39 is 11.6 Å². The molecular weight excluding hydrogens is 320 g/mol. The lowest BCUT2D eigenvalue weighted by molar-refractivity contribution is 0.585. The van der Waals surface area contributed by atoms with Crippen molar-refractivity contribution in [2.24, 2.45) is 5.10 Å². The van der Waals surface area contributed by atoms with E-state index in [0.29, 0.717) is 10.7 Å². The summed E-state index contributed by atoms with van der Waals surface area (Å²) in [5, 5.41) is 5.15. The molecule has 0 spiro atoms. The van der Waals surface area contributed by atoms with Crippen molar-refractivity contribution < 1.29 is 8.78 Å². The summed E-state index contributed by atoms with van der Waals surface area (Å²) < 4.78 is 26.3. The first kappa shape index (κ1) is 15.4. The molecule has 1 aromatic heterocycles. The first-order chi connectivity index (χ1) is 11.0. The summed E-state index contributed by atoms with van der Waals surface area (Å²) >= 11 is 6.14. The first-order valence-electron chi connectivity index (χ1n) is 6.84. The van der Waals surface area contributed by atoms with Gasteiger partial charge in [0.15, 0.2) is 5.82 Å². The second-order valence-electron chi connectivity index (χ2n) is 5.06. The number of fused-ring (bicyclic) bond motifs is 1. The highest BCUT2D eigenvalue weighted by molar-refractivity contribution is 6.32. The van der Waals surface area contributed by atoms with Crippen molar-refractivity contribution in [1.82, 2.24) is 4.98 Å². The average molecular weight is 332 g/mol. The molecule has 1 N–H and O–H groups in total. The number of hydrogen-bond acceptors (Lipinski definition) is 3. The van der Waals surface area contributed by atoms with E-state index in [0.717, 1.165) is 28.6 Å². The maximum absolute atomic E-state index is 13.5. The van der Waals surface area contributed by atoms with Gasteiger partial charge in [0.05, 0.1) is 17.4 Å². The fourth-order valence-electron chi connectivity index (χ4n) is 2.11. The lowest BCUT2D eigenvalue weighted by Gasteiger charge is -2.04. The van der Waals surface area contributed by atoms with Crippen LogP contribution in [0.2, 0.25) is 5.15 Å². The summed E-state index contributed by atoms with van der Waals surface area (Å²) in [6.45, 7) is 1.98. The summed E-state index contributed by atoms with van der Waals surface area (Å²) in [5.41, 5.74) is 5.07. The molecule has 0 aliphatic carbocycles. The molecule has 0 amide bonds. The summed E-state index contributed by atoms with van der Waals surface area (Å²) in [6.07, 6.45) is 1.44. The number of nitrogens with zero attached hydrogens (tertiary/aromatic N) is 2. The molecule has 0 saturated carbocycles. The Morgan fingerprint density at radius 2 is 1.96 bits per heavy atom. The highest BCUT2D eigenvalue weighted by Crippen LogP contribution is 2.21. The predicted octanol–water partition coefficient (Wildman–Crippen LogP) is 4.92. The number of hydrogen-bond donors (Lipinski definition) is 1. The van der Waals surface area contributed by atoms with Gasteiger partial charge in [0, 0.05) is 17.0 Å². The van der Waals surface area contributed by atoms with Gasteiger partial charge in [-0.25, -0.2) is 13.8 Å². The molecule has 0 bridgehead atoms. The maximum Gasteiger partial charge on any atom is 0.151 e. The highest BCUT2D eigenvalue weighted by Gasteiger charge is 2.05. The van der Waals surface area contributed by atoms with Crippen LogP contribution >= 0.6 is 11.6 Å². The molecule has 0 saturated heterocycles. The molecule has 116 valence electrons. The summed E-state index contributed by atoms with van der Waals surface area (Å²) in [4.78, 5) is 4.31. The van der Waals surface area contributed by atoms with Gasteiger partial charge in [-0.1, -0.05) is 23.7 Å². The van der Waals surface area contributed by atoms with Gasteiger partial charge in [0.25, 0.3) is 0 Å². The van der Waals surface area contributed by atoms with Gasteiger partial charge in [0.1, 0.15) is 11.0 Å². The van der Waals surface area contributed by atoms with E-state index in [1.807, 2.05) is 31.2 Å². The van der Waals surface area contributed by atoms with Gasteiger partial charge in [0.2, 0.25) is 0 Å². The van der Waals surface area contributed by atoms with Gasteiger partial charge < -0.3 is 0 Å². The SMILES string of the molecule is Cc1ccc2cc(/C=N/Nc3ccc(F)cc3F)c(Cl)nc2c1. The number of rotatable bonds is 3. The predicted molar refractivity (Wildman–Crippen MR) is 89.1 cm³/mol. The number of pyridine rings is 1. The lowest BCUT2D eigenvalue weighted by atomic mass is 10.1. The Morgan fingerprint density at radius 1 is 1.13 bits per heavy atom. The van der Waals surface area contributed by atoms with Crippen LogP contribution in [0.5, 0.6) is 0 Å². The third-order valence-corrected chi connectivity index (χ3v) is 3.58. The third-order valence-electron chi connectivity index (χ3n) is 3.27. The summed E-state index contributed by atoms with van der Waals surface area (Å²) in [7, 11) is 0. The van der Waals surface area contributed by atoms with E-state index in [1.54, 1.807) is 0 Å². The van der Waals surface area contributed by atoms with Crippen LogP contribution in [-0.2, 0) is 0 Å². The van der Waals surface area contributed by atoms with Crippen molar-refractivity contribution in [3.8, 4) is 0 Å². The number of anilines is 1. The molecule has 2 aromatic carbocycles. The number of benzene rings is 2. The van der Waals surface area contributed by atoms with Crippen LogP contribution < -0.4 is 5.43 Å². The smallest absolute Gasteiger partial charge is 0.151 e. The molecule has 0 aliphatic heterocycles. The molecular formula is C17H12ClF2N3. The monoisotopic (exact) mass is 331 g/mol. The molecule has 0 unspecified atom stereocenters. The Balaban J connectivity index is 1.85. The van der Waals surface area contributed by atoms with Crippen LogP contribution in [0.1, 0.15) is 11.1 Å². The van der Waals surface area contributed by atoms with Crippen LogP contribution in [0.25, 0.3) is 10.9 Å². The summed E-state index contributed by atoms with van der Waals surface area (Å²) in [5.74, 6) is -1.37. The Bertz CT molecular complexity index is 910. The number of halogens is 3. The molecule has 0 atom stereocenters. The fraction of sp³-hybridized carbons (Fsp3) is 0.0588. The molecule has 3 nitrogen and oxygen atoms in total. The van der Waals surface area contributed by atoms with Crippen molar-refractivity contribution >= 4 is 34.4 Å². The van der Waals surface area contributed by atoms with Gasteiger partial charge >= 0.3 is 0 Å². The largest absolute Gasteiger partial charge is 0.276 e. The standard InChI is InChI=1S/C17H12ClF2N3/c1-10-2-3-11-7-12(17(18)22-16(11)6-10)9-21-23-15-5-4-13(19)8-14(15)20/h2-9,23H,1H3/b21-9+. The molecule has 0 fully saturated rings. The van der Waals surface area contributed by atoms with Crippen LogP contribution in [0.3, 0.4) is 0 Å². The van der Waals surface area contributed by atoms with E-state index in [9.17, 15) is 8.78 Å².